The molecule has 0 radical (unpaired) electrons. The number of likely N-dealkylation sites (tertiary alicyclic amines) is 1. The van der Waals surface area contributed by atoms with Crippen LogP contribution in [0.3, 0.4) is 0 Å². The van der Waals surface area contributed by atoms with E-state index in [0.717, 1.165) is 6.42 Å². The summed E-state index contributed by atoms with van der Waals surface area (Å²) in [6.45, 7) is 3.56. The predicted octanol–water partition coefficient (Wildman–Crippen LogP) is 0.616. The molecule has 1 rings (SSSR count). The van der Waals surface area contributed by atoms with Crippen LogP contribution >= 0.6 is 0 Å². The monoisotopic (exact) mass is 270 g/mol. The van der Waals surface area contributed by atoms with Crippen molar-refractivity contribution in [2.24, 2.45) is 5.92 Å². The molecule has 6 nitrogen and oxygen atoms in total. The van der Waals surface area contributed by atoms with E-state index in [1.54, 1.807) is 4.90 Å². The second-order valence-corrected chi connectivity index (χ2v) is 4.84. The number of carboxylic acid groups (broad SMARTS) is 1. The van der Waals surface area contributed by atoms with Crippen molar-refractivity contribution in [3.05, 3.63) is 0 Å². The fraction of sp³-hybridized carbons (Fsp3) is 0.769. The summed E-state index contributed by atoms with van der Waals surface area (Å²) in [5, 5.41) is 11.6. The van der Waals surface area contributed by atoms with E-state index in [0.29, 0.717) is 32.5 Å². The highest BCUT2D eigenvalue weighted by Gasteiger charge is 2.26. The molecule has 0 aliphatic carbocycles. The van der Waals surface area contributed by atoms with Crippen LogP contribution in [0.1, 0.15) is 39.0 Å². The molecule has 1 fully saturated rings. The van der Waals surface area contributed by atoms with Crippen molar-refractivity contribution in [2.45, 2.75) is 39.0 Å². The Morgan fingerprint density at radius 1 is 1.21 bits per heavy atom. The third kappa shape index (κ3) is 5.28. The van der Waals surface area contributed by atoms with Crippen LogP contribution < -0.4 is 5.32 Å². The molecular weight excluding hydrogens is 248 g/mol. The van der Waals surface area contributed by atoms with Crippen LogP contribution in [-0.2, 0) is 14.4 Å². The fourth-order valence-corrected chi connectivity index (χ4v) is 2.11. The van der Waals surface area contributed by atoms with Gasteiger partial charge >= 0.3 is 5.97 Å². The SMILES string of the molecule is CCCNC(=O)CCC(=O)N1CCC(C(=O)O)CC1. The van der Waals surface area contributed by atoms with Gasteiger partial charge in [-0.3, -0.25) is 14.4 Å². The summed E-state index contributed by atoms with van der Waals surface area (Å²) in [7, 11) is 0. The van der Waals surface area contributed by atoms with Crippen molar-refractivity contribution in [2.75, 3.05) is 19.6 Å². The molecule has 1 aliphatic heterocycles. The lowest BCUT2D eigenvalue weighted by Gasteiger charge is -2.30. The van der Waals surface area contributed by atoms with E-state index in [2.05, 4.69) is 5.32 Å². The van der Waals surface area contributed by atoms with E-state index in [9.17, 15) is 14.4 Å². The molecule has 19 heavy (non-hydrogen) atoms. The van der Waals surface area contributed by atoms with Crippen molar-refractivity contribution in [1.29, 1.82) is 0 Å². The van der Waals surface area contributed by atoms with Gasteiger partial charge in [-0.05, 0) is 19.3 Å². The molecular formula is C13H22N2O4. The summed E-state index contributed by atoms with van der Waals surface area (Å²) in [6, 6.07) is 0. The molecule has 0 atom stereocenters. The van der Waals surface area contributed by atoms with Gasteiger partial charge in [0.15, 0.2) is 0 Å². The second kappa shape index (κ2) is 7.76. The van der Waals surface area contributed by atoms with Gasteiger partial charge in [0.25, 0.3) is 0 Å². The minimum Gasteiger partial charge on any atom is -0.481 e. The average molecular weight is 270 g/mol. The zero-order valence-electron chi connectivity index (χ0n) is 11.4. The third-order valence-electron chi connectivity index (χ3n) is 3.34. The number of aliphatic carboxylic acids is 1. The minimum atomic E-state index is -0.786. The largest absolute Gasteiger partial charge is 0.481 e. The quantitative estimate of drug-likeness (QED) is 0.740. The van der Waals surface area contributed by atoms with Crippen LogP contribution in [0.25, 0.3) is 0 Å². The number of amides is 2. The van der Waals surface area contributed by atoms with Crippen molar-refractivity contribution in [1.82, 2.24) is 10.2 Å². The number of hydrogen-bond acceptors (Lipinski definition) is 3. The molecule has 2 amide bonds. The molecule has 0 aromatic heterocycles. The highest BCUT2D eigenvalue weighted by atomic mass is 16.4. The zero-order chi connectivity index (χ0) is 14.3. The van der Waals surface area contributed by atoms with Crippen molar-refractivity contribution in [3.63, 3.8) is 0 Å². The van der Waals surface area contributed by atoms with E-state index in [4.69, 9.17) is 5.11 Å². The number of piperidine rings is 1. The Labute approximate surface area is 113 Å². The first-order chi connectivity index (χ1) is 9.04. The van der Waals surface area contributed by atoms with Gasteiger partial charge in [0.2, 0.25) is 11.8 Å². The normalized spacial score (nSPS) is 16.2. The standard InChI is InChI=1S/C13H22N2O4/c1-2-7-14-11(16)3-4-12(17)15-8-5-10(6-9-15)13(18)19/h10H,2-9H2,1H3,(H,14,16)(H,18,19). The number of nitrogens with zero attached hydrogens (tertiary/aromatic N) is 1. The van der Waals surface area contributed by atoms with Crippen LogP contribution in [0.15, 0.2) is 0 Å². The van der Waals surface area contributed by atoms with E-state index in [1.165, 1.54) is 0 Å². The Bertz CT molecular complexity index is 336. The maximum atomic E-state index is 11.9. The Morgan fingerprint density at radius 3 is 2.37 bits per heavy atom. The van der Waals surface area contributed by atoms with Gasteiger partial charge in [-0.2, -0.15) is 0 Å². The van der Waals surface area contributed by atoms with Crippen LogP contribution in [0.2, 0.25) is 0 Å². The summed E-state index contributed by atoms with van der Waals surface area (Å²) in [5.74, 6) is -1.28. The molecule has 1 saturated heterocycles. The minimum absolute atomic E-state index is 0.0597. The van der Waals surface area contributed by atoms with Gasteiger partial charge < -0.3 is 15.3 Å². The van der Waals surface area contributed by atoms with E-state index >= 15 is 0 Å². The Kier molecular flexibility index (Phi) is 6.32. The first-order valence-electron chi connectivity index (χ1n) is 6.81. The average Bonchev–Trinajstić information content (AvgIpc) is 2.42. The molecule has 0 bridgehead atoms. The molecule has 6 heteroatoms. The van der Waals surface area contributed by atoms with E-state index in [1.807, 2.05) is 6.92 Å². The summed E-state index contributed by atoms with van der Waals surface area (Å²) in [6.07, 6.45) is 2.29. The van der Waals surface area contributed by atoms with Crippen LogP contribution in [-0.4, -0.2) is 47.4 Å². The fourth-order valence-electron chi connectivity index (χ4n) is 2.11. The maximum Gasteiger partial charge on any atom is 0.306 e. The van der Waals surface area contributed by atoms with Crippen LogP contribution in [0.4, 0.5) is 0 Å². The van der Waals surface area contributed by atoms with Gasteiger partial charge in [-0.1, -0.05) is 6.92 Å². The first kappa shape index (κ1) is 15.5. The van der Waals surface area contributed by atoms with Gasteiger partial charge in [0, 0.05) is 32.5 Å². The molecule has 1 heterocycles. The van der Waals surface area contributed by atoms with E-state index in [-0.39, 0.29) is 30.6 Å². The molecule has 0 aromatic rings. The molecule has 1 aliphatic rings. The van der Waals surface area contributed by atoms with Gasteiger partial charge in [0.05, 0.1) is 5.92 Å². The van der Waals surface area contributed by atoms with Gasteiger partial charge in [-0.15, -0.1) is 0 Å². The van der Waals surface area contributed by atoms with Gasteiger partial charge in [-0.25, -0.2) is 0 Å². The Balaban J connectivity index is 2.24. The number of nitrogens with one attached hydrogen (secondary N) is 1. The van der Waals surface area contributed by atoms with Gasteiger partial charge in [0.1, 0.15) is 0 Å². The summed E-state index contributed by atoms with van der Waals surface area (Å²) in [4.78, 5) is 35.7. The highest BCUT2D eigenvalue weighted by Crippen LogP contribution is 2.18. The second-order valence-electron chi connectivity index (χ2n) is 4.84. The lowest BCUT2D eigenvalue weighted by Crippen LogP contribution is -2.40. The molecule has 0 aromatic carbocycles. The summed E-state index contributed by atoms with van der Waals surface area (Å²) < 4.78 is 0. The summed E-state index contributed by atoms with van der Waals surface area (Å²) in [5.41, 5.74) is 0. The Morgan fingerprint density at radius 2 is 1.84 bits per heavy atom. The maximum absolute atomic E-state index is 11.9. The number of carbonyl (C=O) groups is 3. The lowest BCUT2D eigenvalue weighted by atomic mass is 9.97. The number of carbonyl (C=O) groups excluding carboxylic acids is 2. The smallest absolute Gasteiger partial charge is 0.306 e. The predicted molar refractivity (Wildman–Crippen MR) is 69.5 cm³/mol. The Hall–Kier alpha value is -1.59. The highest BCUT2D eigenvalue weighted by molar-refractivity contribution is 5.84. The zero-order valence-corrected chi connectivity index (χ0v) is 11.4. The topological polar surface area (TPSA) is 86.7 Å². The van der Waals surface area contributed by atoms with Crippen LogP contribution in [0, 0.1) is 5.92 Å². The molecule has 2 N–H and O–H groups in total. The third-order valence-corrected chi connectivity index (χ3v) is 3.34. The molecule has 0 spiro atoms. The molecule has 0 unspecified atom stereocenters. The number of rotatable bonds is 6. The molecule has 108 valence electrons. The molecule has 0 saturated carbocycles. The first-order valence-corrected chi connectivity index (χ1v) is 6.81. The lowest BCUT2D eigenvalue weighted by molar-refractivity contribution is -0.145. The van der Waals surface area contributed by atoms with Crippen LogP contribution in [0.5, 0.6) is 0 Å². The number of carboxylic acids is 1. The number of hydrogen-bond donors (Lipinski definition) is 2. The van der Waals surface area contributed by atoms with Crippen molar-refractivity contribution < 1.29 is 19.5 Å². The van der Waals surface area contributed by atoms with Crippen molar-refractivity contribution >= 4 is 17.8 Å². The van der Waals surface area contributed by atoms with Crippen molar-refractivity contribution in [3.8, 4) is 0 Å². The van der Waals surface area contributed by atoms with E-state index < -0.39 is 5.97 Å². The summed E-state index contributed by atoms with van der Waals surface area (Å²) >= 11 is 0.